The summed E-state index contributed by atoms with van der Waals surface area (Å²) < 4.78 is 10.1. The van der Waals surface area contributed by atoms with Crippen LogP contribution in [0.3, 0.4) is 0 Å². The zero-order valence-electron chi connectivity index (χ0n) is 4.70. The molecule has 0 saturated heterocycles. The lowest BCUT2D eigenvalue weighted by Crippen LogP contribution is -1.81. The summed E-state index contributed by atoms with van der Waals surface area (Å²) in [5.41, 5.74) is 0. The van der Waals surface area contributed by atoms with Crippen LogP contribution in [-0.4, -0.2) is 21.3 Å². The number of halogens is 1. The topological polar surface area (TPSA) is 57.5 Å². The van der Waals surface area contributed by atoms with Gasteiger partial charge < -0.3 is 9.79 Å². The van der Waals surface area contributed by atoms with E-state index in [1.165, 1.54) is 6.08 Å². The molecule has 0 radical (unpaired) electrons. The first kappa shape index (κ1) is 9.37. The molecule has 0 saturated carbocycles. The second kappa shape index (κ2) is 4.23. The van der Waals surface area contributed by atoms with Crippen molar-refractivity contribution in [1.29, 1.82) is 0 Å². The molecule has 0 fully saturated rings. The molecule has 3 nitrogen and oxygen atoms in total. The Hall–Kier alpha value is 0.370. The van der Waals surface area contributed by atoms with Crippen molar-refractivity contribution in [2.45, 2.75) is 0 Å². The number of rotatable bonds is 3. The van der Waals surface area contributed by atoms with E-state index in [1.54, 1.807) is 6.08 Å². The molecule has 2 N–H and O–H groups in total. The Bertz CT molecular complexity index is 139. The van der Waals surface area contributed by atoms with E-state index >= 15 is 0 Å². The summed E-state index contributed by atoms with van der Waals surface area (Å²) in [5.74, 6) is 0. The van der Waals surface area contributed by atoms with Crippen LogP contribution in [0.1, 0.15) is 0 Å². The highest BCUT2D eigenvalue weighted by atomic mass is 79.9. The summed E-state index contributed by atoms with van der Waals surface area (Å²) in [6.45, 7) is 0. The van der Waals surface area contributed by atoms with E-state index in [-0.39, 0.29) is 6.16 Å². The molecule has 0 aromatic rings. The molecule has 0 aromatic carbocycles. The molecule has 0 unspecified atom stereocenters. The van der Waals surface area contributed by atoms with Crippen LogP contribution in [0.2, 0.25) is 0 Å². The summed E-state index contributed by atoms with van der Waals surface area (Å²) in [5, 5.41) is 0.632. The van der Waals surface area contributed by atoms with Gasteiger partial charge in [-0.1, -0.05) is 28.1 Å². The quantitative estimate of drug-likeness (QED) is 0.421. The Morgan fingerprint density at radius 3 is 2.33 bits per heavy atom. The van der Waals surface area contributed by atoms with Crippen LogP contribution < -0.4 is 0 Å². The first-order valence-electron chi connectivity index (χ1n) is 2.32. The van der Waals surface area contributed by atoms with Gasteiger partial charge in [0.1, 0.15) is 0 Å². The van der Waals surface area contributed by atoms with E-state index in [2.05, 4.69) is 15.9 Å². The van der Waals surface area contributed by atoms with E-state index in [1.807, 2.05) is 0 Å². The molecule has 0 amide bonds. The largest absolute Gasteiger partial charge is 0.329 e. The molecule has 0 aliphatic rings. The number of alkyl halides is 1. The van der Waals surface area contributed by atoms with Crippen molar-refractivity contribution in [2.24, 2.45) is 0 Å². The fourth-order valence-corrected chi connectivity index (χ4v) is 0.963. The Morgan fingerprint density at radius 1 is 1.44 bits per heavy atom. The van der Waals surface area contributed by atoms with Crippen molar-refractivity contribution in [2.75, 3.05) is 11.5 Å². The zero-order chi connectivity index (χ0) is 7.33. The summed E-state index contributed by atoms with van der Waals surface area (Å²) in [6.07, 6.45) is 2.94. The molecular weight excluding hydrogens is 207 g/mol. The normalized spacial score (nSPS) is 12.8. The summed E-state index contributed by atoms with van der Waals surface area (Å²) in [4.78, 5) is 16.6. The molecule has 54 valence electrons. The highest BCUT2D eigenvalue weighted by Crippen LogP contribution is 2.33. The first-order valence-corrected chi connectivity index (χ1v) is 5.23. The fraction of sp³-hybridized carbons (Fsp3) is 0.500. The van der Waals surface area contributed by atoms with Crippen molar-refractivity contribution in [3.05, 3.63) is 12.2 Å². The van der Waals surface area contributed by atoms with Crippen LogP contribution in [0.25, 0.3) is 0 Å². The third-order valence-electron chi connectivity index (χ3n) is 0.599. The molecule has 0 spiro atoms. The molecule has 0 aliphatic carbocycles. The van der Waals surface area contributed by atoms with Crippen molar-refractivity contribution < 1.29 is 14.4 Å². The maximum Gasteiger partial charge on any atom is 0.329 e. The SMILES string of the molecule is O=P(O)(O)CC=CCBr. The van der Waals surface area contributed by atoms with Gasteiger partial charge in [0.2, 0.25) is 0 Å². The Labute approximate surface area is 62.1 Å². The Kier molecular flexibility index (Phi) is 4.40. The average Bonchev–Trinajstić information content (AvgIpc) is 1.63. The first-order chi connectivity index (χ1) is 4.06. The standard InChI is InChI=1S/C4H8BrO3P/c5-3-1-2-4-9(6,7)8/h1-2H,3-4H2,(H2,6,7,8). The third-order valence-corrected chi connectivity index (χ3v) is 1.66. The number of allylic oxidation sites excluding steroid dienone is 2. The van der Waals surface area contributed by atoms with E-state index < -0.39 is 7.60 Å². The zero-order valence-corrected chi connectivity index (χ0v) is 7.18. The minimum atomic E-state index is -3.80. The maximum atomic E-state index is 10.1. The predicted octanol–water partition coefficient (Wildman–Crippen LogP) is 1.12. The lowest BCUT2D eigenvalue weighted by molar-refractivity contribution is 0.377. The second-order valence-electron chi connectivity index (χ2n) is 1.47. The molecule has 9 heavy (non-hydrogen) atoms. The minimum Gasteiger partial charge on any atom is -0.324 e. The number of hydrogen-bond donors (Lipinski definition) is 2. The highest BCUT2D eigenvalue weighted by molar-refractivity contribution is 9.09. The Balaban J connectivity index is 3.51. The monoisotopic (exact) mass is 214 g/mol. The molecule has 0 atom stereocenters. The van der Waals surface area contributed by atoms with E-state index in [9.17, 15) is 4.57 Å². The van der Waals surface area contributed by atoms with Crippen molar-refractivity contribution >= 4 is 23.5 Å². The summed E-state index contributed by atoms with van der Waals surface area (Å²) in [6, 6.07) is 0. The van der Waals surface area contributed by atoms with Crippen molar-refractivity contribution in [1.82, 2.24) is 0 Å². The van der Waals surface area contributed by atoms with Gasteiger partial charge in [0.15, 0.2) is 0 Å². The van der Waals surface area contributed by atoms with Crippen molar-refractivity contribution in [3.8, 4) is 0 Å². The van der Waals surface area contributed by atoms with Gasteiger partial charge >= 0.3 is 7.60 Å². The van der Waals surface area contributed by atoms with Gasteiger partial charge in [-0.25, -0.2) is 0 Å². The smallest absolute Gasteiger partial charge is 0.324 e. The molecule has 0 heterocycles. The highest BCUT2D eigenvalue weighted by Gasteiger charge is 2.07. The molecular formula is C4H8BrO3P. The van der Waals surface area contributed by atoms with Crippen LogP contribution >= 0.6 is 23.5 Å². The van der Waals surface area contributed by atoms with Gasteiger partial charge in [0.05, 0.1) is 6.16 Å². The van der Waals surface area contributed by atoms with Crippen molar-refractivity contribution in [3.63, 3.8) is 0 Å². The van der Waals surface area contributed by atoms with Crippen LogP contribution in [0.5, 0.6) is 0 Å². The third kappa shape index (κ3) is 8.37. The lowest BCUT2D eigenvalue weighted by Gasteiger charge is -1.95. The lowest BCUT2D eigenvalue weighted by atomic mass is 10.6. The van der Waals surface area contributed by atoms with Crippen LogP contribution in [0.15, 0.2) is 12.2 Å². The maximum absolute atomic E-state index is 10.1. The molecule has 0 aromatic heterocycles. The molecule has 0 aliphatic heterocycles. The van der Waals surface area contributed by atoms with Gasteiger partial charge in [-0.3, -0.25) is 4.57 Å². The van der Waals surface area contributed by atoms with Gasteiger partial charge in [0.25, 0.3) is 0 Å². The predicted molar refractivity (Wildman–Crippen MR) is 39.8 cm³/mol. The summed E-state index contributed by atoms with van der Waals surface area (Å²) in [7, 11) is -3.80. The Morgan fingerprint density at radius 2 is 2.00 bits per heavy atom. The van der Waals surface area contributed by atoms with Gasteiger partial charge in [-0.05, 0) is 0 Å². The molecule has 0 rings (SSSR count). The minimum absolute atomic E-state index is 0.168. The van der Waals surface area contributed by atoms with Gasteiger partial charge in [0, 0.05) is 5.33 Å². The van der Waals surface area contributed by atoms with E-state index in [4.69, 9.17) is 9.79 Å². The fourth-order valence-electron chi connectivity index (χ4n) is 0.275. The average molecular weight is 215 g/mol. The van der Waals surface area contributed by atoms with Crippen LogP contribution in [0, 0.1) is 0 Å². The summed E-state index contributed by atoms with van der Waals surface area (Å²) >= 11 is 3.08. The molecule has 5 heteroatoms. The van der Waals surface area contributed by atoms with Gasteiger partial charge in [-0.2, -0.15) is 0 Å². The van der Waals surface area contributed by atoms with Crippen LogP contribution in [0.4, 0.5) is 0 Å². The van der Waals surface area contributed by atoms with Gasteiger partial charge in [-0.15, -0.1) is 0 Å². The van der Waals surface area contributed by atoms with Crippen LogP contribution in [-0.2, 0) is 4.57 Å². The van der Waals surface area contributed by atoms with E-state index in [0.717, 1.165) is 0 Å². The molecule has 0 bridgehead atoms. The number of hydrogen-bond acceptors (Lipinski definition) is 1. The second-order valence-corrected chi connectivity index (χ2v) is 3.81. The van der Waals surface area contributed by atoms with E-state index in [0.29, 0.717) is 5.33 Å².